The summed E-state index contributed by atoms with van der Waals surface area (Å²) in [4.78, 5) is 25.8. The maximum atomic E-state index is 12.5. The number of aryl methyl sites for hydroxylation is 1. The standard InChI is InChI=1S/C15H19NO2/c1-10-6-4-7-13(11(10)2)15(18)16-9-5-8-14(16)12(3)17/h4,6-7,14H,5,8-9H2,1-3H3. The molecular weight excluding hydrogens is 226 g/mol. The van der Waals surface area contributed by atoms with Crippen LogP contribution in [0.3, 0.4) is 0 Å². The lowest BCUT2D eigenvalue weighted by Crippen LogP contribution is -2.39. The summed E-state index contributed by atoms with van der Waals surface area (Å²) in [5.74, 6) is 0.0834. The second-order valence-corrected chi connectivity index (χ2v) is 5.01. The predicted octanol–water partition coefficient (Wildman–Crippen LogP) is 2.50. The van der Waals surface area contributed by atoms with E-state index in [2.05, 4.69) is 0 Å². The number of carbonyl (C=O) groups excluding carboxylic acids is 2. The van der Waals surface area contributed by atoms with Crippen LogP contribution in [0.5, 0.6) is 0 Å². The third-order valence-corrected chi connectivity index (χ3v) is 3.82. The van der Waals surface area contributed by atoms with Gasteiger partial charge in [0.1, 0.15) is 0 Å². The second kappa shape index (κ2) is 4.92. The van der Waals surface area contributed by atoms with Crippen molar-refractivity contribution in [3.05, 3.63) is 34.9 Å². The van der Waals surface area contributed by atoms with Crippen molar-refractivity contribution in [3.63, 3.8) is 0 Å². The molecule has 1 aromatic carbocycles. The van der Waals surface area contributed by atoms with Crippen molar-refractivity contribution < 1.29 is 9.59 Å². The molecule has 0 saturated carbocycles. The van der Waals surface area contributed by atoms with Gasteiger partial charge in [-0.05, 0) is 50.8 Å². The fourth-order valence-corrected chi connectivity index (χ4v) is 2.57. The van der Waals surface area contributed by atoms with Gasteiger partial charge in [-0.1, -0.05) is 12.1 Å². The molecule has 0 N–H and O–H groups in total. The SMILES string of the molecule is CC(=O)C1CCCN1C(=O)c1cccc(C)c1C. The number of hydrogen-bond donors (Lipinski definition) is 0. The maximum Gasteiger partial charge on any atom is 0.254 e. The molecule has 0 bridgehead atoms. The summed E-state index contributed by atoms with van der Waals surface area (Å²) in [5.41, 5.74) is 2.85. The largest absolute Gasteiger partial charge is 0.329 e. The minimum atomic E-state index is -0.225. The summed E-state index contributed by atoms with van der Waals surface area (Å²) in [7, 11) is 0. The summed E-state index contributed by atoms with van der Waals surface area (Å²) >= 11 is 0. The molecule has 1 atom stereocenters. The maximum absolute atomic E-state index is 12.5. The first-order chi connectivity index (χ1) is 8.52. The van der Waals surface area contributed by atoms with Crippen LogP contribution in [0.2, 0.25) is 0 Å². The first-order valence-electron chi connectivity index (χ1n) is 6.40. The Hall–Kier alpha value is -1.64. The minimum absolute atomic E-state index is 0.00565. The number of rotatable bonds is 2. The van der Waals surface area contributed by atoms with Crippen LogP contribution in [0.25, 0.3) is 0 Å². The quantitative estimate of drug-likeness (QED) is 0.802. The number of benzene rings is 1. The molecule has 1 saturated heterocycles. The lowest BCUT2D eigenvalue weighted by atomic mass is 10.0. The van der Waals surface area contributed by atoms with Gasteiger partial charge in [0.2, 0.25) is 0 Å². The summed E-state index contributed by atoms with van der Waals surface area (Å²) in [5, 5.41) is 0. The highest BCUT2D eigenvalue weighted by Crippen LogP contribution is 2.23. The molecule has 0 spiro atoms. The number of amides is 1. The van der Waals surface area contributed by atoms with Gasteiger partial charge in [-0.25, -0.2) is 0 Å². The number of ketones is 1. The van der Waals surface area contributed by atoms with Gasteiger partial charge in [-0.15, -0.1) is 0 Å². The molecule has 2 rings (SSSR count). The van der Waals surface area contributed by atoms with Gasteiger partial charge in [0.25, 0.3) is 5.91 Å². The average Bonchev–Trinajstić information content (AvgIpc) is 2.81. The molecule has 1 heterocycles. The van der Waals surface area contributed by atoms with Crippen molar-refractivity contribution >= 4 is 11.7 Å². The molecule has 1 fully saturated rings. The van der Waals surface area contributed by atoms with Crippen LogP contribution in [0.1, 0.15) is 41.3 Å². The fraction of sp³-hybridized carbons (Fsp3) is 0.467. The van der Waals surface area contributed by atoms with Crippen molar-refractivity contribution in [3.8, 4) is 0 Å². The molecule has 0 aliphatic carbocycles. The van der Waals surface area contributed by atoms with Crippen LogP contribution >= 0.6 is 0 Å². The molecule has 0 aromatic heterocycles. The Morgan fingerprint density at radius 2 is 2.00 bits per heavy atom. The third-order valence-electron chi connectivity index (χ3n) is 3.82. The minimum Gasteiger partial charge on any atom is -0.329 e. The van der Waals surface area contributed by atoms with Crippen molar-refractivity contribution in [2.45, 2.75) is 39.7 Å². The molecule has 1 aromatic rings. The number of nitrogens with zero attached hydrogens (tertiary/aromatic N) is 1. The lowest BCUT2D eigenvalue weighted by Gasteiger charge is -2.23. The van der Waals surface area contributed by atoms with Crippen LogP contribution in [-0.2, 0) is 4.79 Å². The van der Waals surface area contributed by atoms with Gasteiger partial charge in [-0.2, -0.15) is 0 Å². The normalized spacial score (nSPS) is 19.1. The Labute approximate surface area is 108 Å². The van der Waals surface area contributed by atoms with Crippen molar-refractivity contribution in [2.75, 3.05) is 6.54 Å². The van der Waals surface area contributed by atoms with Crippen LogP contribution < -0.4 is 0 Å². The zero-order valence-corrected chi connectivity index (χ0v) is 11.2. The lowest BCUT2D eigenvalue weighted by molar-refractivity contribution is -0.120. The van der Waals surface area contributed by atoms with E-state index in [1.807, 2.05) is 32.0 Å². The van der Waals surface area contributed by atoms with Gasteiger partial charge in [0, 0.05) is 12.1 Å². The number of hydrogen-bond acceptors (Lipinski definition) is 2. The molecule has 1 aliphatic rings. The van der Waals surface area contributed by atoms with E-state index in [0.717, 1.165) is 29.5 Å². The topological polar surface area (TPSA) is 37.4 Å². The van der Waals surface area contributed by atoms with E-state index in [0.29, 0.717) is 6.54 Å². The Morgan fingerprint density at radius 3 is 2.67 bits per heavy atom. The van der Waals surface area contributed by atoms with E-state index in [-0.39, 0.29) is 17.7 Å². The highest BCUT2D eigenvalue weighted by Gasteiger charge is 2.32. The zero-order valence-electron chi connectivity index (χ0n) is 11.2. The summed E-state index contributed by atoms with van der Waals surface area (Å²) in [6, 6.07) is 5.52. The third kappa shape index (κ3) is 2.17. The first kappa shape index (κ1) is 12.8. The molecule has 3 nitrogen and oxygen atoms in total. The second-order valence-electron chi connectivity index (χ2n) is 5.01. The van der Waals surface area contributed by atoms with Crippen LogP contribution in [0.15, 0.2) is 18.2 Å². The highest BCUT2D eigenvalue weighted by atomic mass is 16.2. The van der Waals surface area contributed by atoms with E-state index in [1.54, 1.807) is 11.8 Å². The van der Waals surface area contributed by atoms with Crippen molar-refractivity contribution in [1.82, 2.24) is 4.90 Å². The first-order valence-corrected chi connectivity index (χ1v) is 6.40. The molecular formula is C15H19NO2. The Kier molecular flexibility index (Phi) is 3.50. The molecule has 1 amide bonds. The van der Waals surface area contributed by atoms with Crippen molar-refractivity contribution in [2.24, 2.45) is 0 Å². The molecule has 18 heavy (non-hydrogen) atoms. The molecule has 3 heteroatoms. The van der Waals surface area contributed by atoms with Gasteiger partial charge >= 0.3 is 0 Å². The van der Waals surface area contributed by atoms with E-state index in [4.69, 9.17) is 0 Å². The molecule has 1 unspecified atom stereocenters. The van der Waals surface area contributed by atoms with E-state index >= 15 is 0 Å². The molecule has 0 radical (unpaired) electrons. The smallest absolute Gasteiger partial charge is 0.254 e. The Morgan fingerprint density at radius 1 is 1.28 bits per heavy atom. The summed E-state index contributed by atoms with van der Waals surface area (Å²) < 4.78 is 0. The monoisotopic (exact) mass is 245 g/mol. The van der Waals surface area contributed by atoms with E-state index in [1.165, 1.54) is 0 Å². The summed E-state index contributed by atoms with van der Waals surface area (Å²) in [6.45, 7) is 6.22. The van der Waals surface area contributed by atoms with Crippen LogP contribution in [-0.4, -0.2) is 29.2 Å². The van der Waals surface area contributed by atoms with Gasteiger partial charge < -0.3 is 4.90 Å². The number of carbonyl (C=O) groups is 2. The Bertz CT molecular complexity index is 493. The molecule has 96 valence electrons. The number of Topliss-reactive ketones (excluding diaryl/α,β-unsaturated/α-hetero) is 1. The Balaban J connectivity index is 2.31. The van der Waals surface area contributed by atoms with E-state index in [9.17, 15) is 9.59 Å². The van der Waals surface area contributed by atoms with Gasteiger partial charge in [0.15, 0.2) is 5.78 Å². The fourth-order valence-electron chi connectivity index (χ4n) is 2.57. The number of likely N-dealkylation sites (tertiary alicyclic amines) is 1. The highest BCUT2D eigenvalue weighted by molar-refractivity contribution is 5.99. The van der Waals surface area contributed by atoms with E-state index < -0.39 is 0 Å². The zero-order chi connectivity index (χ0) is 13.3. The summed E-state index contributed by atoms with van der Waals surface area (Å²) in [6.07, 6.45) is 1.72. The van der Waals surface area contributed by atoms with Gasteiger partial charge in [0.05, 0.1) is 6.04 Å². The molecule has 1 aliphatic heterocycles. The predicted molar refractivity (Wildman–Crippen MR) is 70.7 cm³/mol. The van der Waals surface area contributed by atoms with Crippen LogP contribution in [0, 0.1) is 13.8 Å². The van der Waals surface area contributed by atoms with Crippen molar-refractivity contribution in [1.29, 1.82) is 0 Å². The van der Waals surface area contributed by atoms with Crippen LogP contribution in [0.4, 0.5) is 0 Å². The van der Waals surface area contributed by atoms with Gasteiger partial charge in [-0.3, -0.25) is 9.59 Å². The average molecular weight is 245 g/mol.